The summed E-state index contributed by atoms with van der Waals surface area (Å²) in [5.74, 6) is -0.0913. The molecule has 31 heavy (non-hydrogen) atoms. The molecule has 1 aromatic rings. The SMILES string of the molecule is C=CCCCCCCCCCCCCCCC1=C(CCC)C(=O)OC1c1ccccc1. The lowest BCUT2D eigenvalue weighted by Gasteiger charge is -2.15. The van der Waals surface area contributed by atoms with E-state index in [4.69, 9.17) is 4.74 Å². The van der Waals surface area contributed by atoms with E-state index in [1.165, 1.54) is 82.6 Å². The predicted molar refractivity (Wildman–Crippen MR) is 132 cm³/mol. The minimum atomic E-state index is -0.160. The summed E-state index contributed by atoms with van der Waals surface area (Å²) in [7, 11) is 0. The van der Waals surface area contributed by atoms with Crippen LogP contribution >= 0.6 is 0 Å². The lowest BCUT2D eigenvalue weighted by molar-refractivity contribution is -0.140. The fourth-order valence-corrected chi connectivity index (χ4v) is 4.60. The lowest BCUT2D eigenvalue weighted by Crippen LogP contribution is -2.03. The molecular weight excluding hydrogens is 380 g/mol. The molecule has 0 saturated carbocycles. The van der Waals surface area contributed by atoms with Crippen molar-refractivity contribution in [1.82, 2.24) is 0 Å². The monoisotopic (exact) mass is 424 g/mol. The number of cyclic esters (lactones) is 1. The second-order valence-electron chi connectivity index (χ2n) is 9.02. The average molecular weight is 425 g/mol. The van der Waals surface area contributed by atoms with Crippen molar-refractivity contribution in [2.24, 2.45) is 0 Å². The summed E-state index contributed by atoms with van der Waals surface area (Å²) in [5.41, 5.74) is 3.30. The molecule has 0 bridgehead atoms. The van der Waals surface area contributed by atoms with Gasteiger partial charge in [-0.1, -0.05) is 114 Å². The number of allylic oxidation sites excluding steroid dienone is 1. The molecule has 1 aromatic carbocycles. The van der Waals surface area contributed by atoms with Crippen LogP contribution in [0.2, 0.25) is 0 Å². The van der Waals surface area contributed by atoms with Crippen molar-refractivity contribution in [2.75, 3.05) is 0 Å². The Hall–Kier alpha value is -1.83. The van der Waals surface area contributed by atoms with E-state index in [1.54, 1.807) is 0 Å². The van der Waals surface area contributed by atoms with Crippen LogP contribution in [-0.4, -0.2) is 5.97 Å². The van der Waals surface area contributed by atoms with Crippen LogP contribution in [0.15, 0.2) is 54.1 Å². The normalized spacial score (nSPS) is 16.0. The molecule has 2 heteroatoms. The van der Waals surface area contributed by atoms with E-state index in [1.807, 2.05) is 24.3 Å². The molecule has 0 fully saturated rings. The van der Waals surface area contributed by atoms with Gasteiger partial charge in [0.15, 0.2) is 0 Å². The van der Waals surface area contributed by atoms with Gasteiger partial charge in [-0.2, -0.15) is 0 Å². The van der Waals surface area contributed by atoms with Crippen LogP contribution in [0, 0.1) is 0 Å². The third-order valence-corrected chi connectivity index (χ3v) is 6.38. The van der Waals surface area contributed by atoms with Gasteiger partial charge in [0.1, 0.15) is 6.10 Å². The fraction of sp³-hybridized carbons (Fsp3) is 0.621. The minimum absolute atomic E-state index is 0.0913. The maximum Gasteiger partial charge on any atom is 0.335 e. The third-order valence-electron chi connectivity index (χ3n) is 6.38. The Bertz CT molecular complexity index is 659. The molecule has 1 heterocycles. The van der Waals surface area contributed by atoms with Gasteiger partial charge < -0.3 is 4.74 Å². The smallest absolute Gasteiger partial charge is 0.335 e. The Kier molecular flexibility index (Phi) is 13.0. The molecule has 1 unspecified atom stereocenters. The van der Waals surface area contributed by atoms with Crippen molar-refractivity contribution in [3.8, 4) is 0 Å². The molecule has 0 amide bonds. The van der Waals surface area contributed by atoms with Gasteiger partial charge in [-0.25, -0.2) is 4.79 Å². The first-order valence-corrected chi connectivity index (χ1v) is 12.9. The zero-order valence-corrected chi connectivity index (χ0v) is 19.9. The Morgan fingerprint density at radius 3 is 1.90 bits per heavy atom. The fourth-order valence-electron chi connectivity index (χ4n) is 4.60. The molecule has 2 nitrogen and oxygen atoms in total. The van der Waals surface area contributed by atoms with Gasteiger partial charge in [0.25, 0.3) is 0 Å². The summed E-state index contributed by atoms with van der Waals surface area (Å²) >= 11 is 0. The van der Waals surface area contributed by atoms with Crippen molar-refractivity contribution in [3.05, 3.63) is 59.7 Å². The molecule has 0 saturated heterocycles. The van der Waals surface area contributed by atoms with Crippen molar-refractivity contribution in [2.45, 2.75) is 116 Å². The van der Waals surface area contributed by atoms with Crippen molar-refractivity contribution in [3.63, 3.8) is 0 Å². The van der Waals surface area contributed by atoms with Crippen LogP contribution in [-0.2, 0) is 9.53 Å². The highest BCUT2D eigenvalue weighted by Crippen LogP contribution is 2.39. The standard InChI is InChI=1S/C29H44O2/c1-3-5-6-7-8-9-10-11-12-13-14-15-16-20-24-26-27(21-4-2)29(30)31-28(26)25-22-18-17-19-23-25/h3,17-19,22-23,28H,1,4-16,20-21,24H2,2H3. The summed E-state index contributed by atoms with van der Waals surface area (Å²) in [5, 5.41) is 0. The molecule has 172 valence electrons. The maximum atomic E-state index is 12.4. The number of carbonyl (C=O) groups is 1. The minimum Gasteiger partial charge on any atom is -0.450 e. The van der Waals surface area contributed by atoms with Gasteiger partial charge in [0.2, 0.25) is 0 Å². The number of benzene rings is 1. The summed E-state index contributed by atoms with van der Waals surface area (Å²) in [6.45, 7) is 5.92. The lowest BCUT2D eigenvalue weighted by atomic mass is 9.92. The van der Waals surface area contributed by atoms with Gasteiger partial charge in [-0.05, 0) is 43.2 Å². The molecule has 1 atom stereocenters. The van der Waals surface area contributed by atoms with Crippen LogP contribution in [0.4, 0.5) is 0 Å². The van der Waals surface area contributed by atoms with Gasteiger partial charge in [0.05, 0.1) is 0 Å². The van der Waals surface area contributed by atoms with Gasteiger partial charge in [-0.3, -0.25) is 0 Å². The van der Waals surface area contributed by atoms with Gasteiger partial charge in [0, 0.05) is 5.57 Å². The van der Waals surface area contributed by atoms with Gasteiger partial charge in [-0.15, -0.1) is 6.58 Å². The summed E-state index contributed by atoms with van der Waals surface area (Å²) < 4.78 is 5.78. The van der Waals surface area contributed by atoms with E-state index in [0.29, 0.717) is 0 Å². The van der Waals surface area contributed by atoms with E-state index >= 15 is 0 Å². The van der Waals surface area contributed by atoms with Crippen LogP contribution in [0.5, 0.6) is 0 Å². The number of ether oxygens (including phenoxy) is 1. The van der Waals surface area contributed by atoms with E-state index < -0.39 is 0 Å². The molecule has 0 aliphatic carbocycles. The summed E-state index contributed by atoms with van der Waals surface area (Å²) in [6.07, 6.45) is 21.9. The number of unbranched alkanes of at least 4 members (excludes halogenated alkanes) is 12. The summed E-state index contributed by atoms with van der Waals surface area (Å²) in [6, 6.07) is 10.2. The first-order valence-electron chi connectivity index (χ1n) is 12.9. The highest BCUT2D eigenvalue weighted by Gasteiger charge is 2.33. The average Bonchev–Trinajstić information content (AvgIpc) is 3.10. The molecular formula is C29H44O2. The van der Waals surface area contributed by atoms with Crippen molar-refractivity contribution >= 4 is 5.97 Å². The zero-order valence-electron chi connectivity index (χ0n) is 19.9. The second-order valence-corrected chi connectivity index (χ2v) is 9.02. The number of rotatable bonds is 18. The Balaban J connectivity index is 1.60. The molecule has 0 spiro atoms. The van der Waals surface area contributed by atoms with E-state index in [0.717, 1.165) is 36.8 Å². The predicted octanol–water partition coefficient (Wildman–Crippen LogP) is 9.03. The molecule has 0 N–H and O–H groups in total. The molecule has 0 radical (unpaired) electrons. The van der Waals surface area contributed by atoms with E-state index in [-0.39, 0.29) is 12.1 Å². The van der Waals surface area contributed by atoms with E-state index in [9.17, 15) is 4.79 Å². The quantitative estimate of drug-likeness (QED) is 0.133. The molecule has 2 rings (SSSR count). The van der Waals surface area contributed by atoms with Crippen LogP contribution in [0.25, 0.3) is 0 Å². The Morgan fingerprint density at radius 1 is 0.806 bits per heavy atom. The molecule has 1 aliphatic rings. The summed E-state index contributed by atoms with van der Waals surface area (Å²) in [4.78, 5) is 12.4. The van der Waals surface area contributed by atoms with Crippen molar-refractivity contribution in [1.29, 1.82) is 0 Å². The van der Waals surface area contributed by atoms with Crippen LogP contribution < -0.4 is 0 Å². The highest BCUT2D eigenvalue weighted by molar-refractivity contribution is 5.92. The molecule has 0 aromatic heterocycles. The third kappa shape index (κ3) is 9.46. The van der Waals surface area contributed by atoms with Gasteiger partial charge >= 0.3 is 5.97 Å². The number of carbonyl (C=O) groups excluding carboxylic acids is 1. The number of esters is 1. The number of hydrogen-bond acceptors (Lipinski definition) is 2. The first kappa shape index (κ1) is 25.4. The number of hydrogen-bond donors (Lipinski definition) is 0. The maximum absolute atomic E-state index is 12.4. The first-order chi connectivity index (χ1) is 15.3. The Labute approximate surface area is 191 Å². The largest absolute Gasteiger partial charge is 0.450 e. The Morgan fingerprint density at radius 2 is 1.35 bits per heavy atom. The van der Waals surface area contributed by atoms with Crippen molar-refractivity contribution < 1.29 is 9.53 Å². The molecule has 1 aliphatic heterocycles. The zero-order chi connectivity index (χ0) is 22.2. The van der Waals surface area contributed by atoms with Crippen LogP contribution in [0.1, 0.15) is 121 Å². The topological polar surface area (TPSA) is 26.3 Å². The second kappa shape index (κ2) is 15.9. The van der Waals surface area contributed by atoms with Crippen LogP contribution in [0.3, 0.4) is 0 Å². The van der Waals surface area contributed by atoms with E-state index in [2.05, 4.69) is 25.6 Å². The highest BCUT2D eigenvalue weighted by atomic mass is 16.5.